The van der Waals surface area contributed by atoms with Gasteiger partial charge in [-0.3, -0.25) is 4.90 Å². The molecule has 0 radical (unpaired) electrons. The molecule has 2 heterocycles. The van der Waals surface area contributed by atoms with E-state index in [1.54, 1.807) is 0 Å². The molecule has 0 bridgehead atoms. The van der Waals surface area contributed by atoms with Gasteiger partial charge in [-0.25, -0.2) is 4.99 Å². The van der Waals surface area contributed by atoms with Crippen LogP contribution in [0.15, 0.2) is 15.7 Å². The second-order valence-electron chi connectivity index (χ2n) is 3.38. The Morgan fingerprint density at radius 1 is 1.17 bits per heavy atom. The average Bonchev–Trinajstić information content (AvgIpc) is 2.29. The van der Waals surface area contributed by atoms with E-state index in [-0.39, 0.29) is 17.3 Å². The van der Waals surface area contributed by atoms with Crippen molar-refractivity contribution >= 4 is 35.1 Å². The monoisotopic (exact) mass is 296 g/mol. The summed E-state index contributed by atoms with van der Waals surface area (Å²) in [7, 11) is 0. The number of hydrogen-bond acceptors (Lipinski definition) is 4. The van der Waals surface area contributed by atoms with Crippen LogP contribution in [0.4, 0.5) is 19.0 Å². The number of aliphatic imine (C=N–C) groups is 1. The standard InChI is InChI=1S/C9H5Cl2F3N4/c1-3-4(10)2-18(9(14)15-3)7-5(11)6(12)16-8(13)17-7/h2H2,1H3. The molecule has 1 aliphatic heterocycles. The fourth-order valence-corrected chi connectivity index (χ4v) is 1.65. The zero-order valence-corrected chi connectivity index (χ0v) is 10.4. The molecule has 18 heavy (non-hydrogen) atoms. The molecule has 96 valence electrons. The van der Waals surface area contributed by atoms with Crippen molar-refractivity contribution in [3.05, 3.63) is 27.8 Å². The van der Waals surface area contributed by atoms with Crippen LogP contribution < -0.4 is 4.90 Å². The van der Waals surface area contributed by atoms with Crippen molar-refractivity contribution in [1.82, 2.24) is 9.97 Å². The first-order chi connectivity index (χ1) is 8.40. The number of rotatable bonds is 1. The van der Waals surface area contributed by atoms with E-state index in [1.807, 2.05) is 0 Å². The Hall–Kier alpha value is -1.34. The third-order valence-electron chi connectivity index (χ3n) is 2.19. The van der Waals surface area contributed by atoms with Crippen molar-refractivity contribution in [3.63, 3.8) is 0 Å². The summed E-state index contributed by atoms with van der Waals surface area (Å²) in [5, 5.41) is -0.391. The van der Waals surface area contributed by atoms with Gasteiger partial charge in [-0.2, -0.15) is 23.1 Å². The minimum Gasteiger partial charge on any atom is -0.280 e. The van der Waals surface area contributed by atoms with Crippen LogP contribution >= 0.6 is 23.2 Å². The van der Waals surface area contributed by atoms with Crippen molar-refractivity contribution in [1.29, 1.82) is 0 Å². The fraction of sp³-hybridized carbons (Fsp3) is 0.222. The Kier molecular flexibility index (Phi) is 3.45. The Bertz CT molecular complexity index is 573. The molecule has 1 aromatic rings. The lowest BCUT2D eigenvalue weighted by atomic mass is 10.3. The summed E-state index contributed by atoms with van der Waals surface area (Å²) in [6, 6.07) is 0. The van der Waals surface area contributed by atoms with E-state index in [4.69, 9.17) is 23.2 Å². The van der Waals surface area contributed by atoms with Crippen LogP contribution in [0, 0.1) is 12.0 Å². The van der Waals surface area contributed by atoms with Crippen molar-refractivity contribution < 1.29 is 13.2 Å². The van der Waals surface area contributed by atoms with Gasteiger partial charge in [0.05, 0.1) is 17.3 Å². The molecule has 4 nitrogen and oxygen atoms in total. The van der Waals surface area contributed by atoms with E-state index in [1.165, 1.54) is 6.92 Å². The Labute approximate surface area is 110 Å². The lowest BCUT2D eigenvalue weighted by Crippen LogP contribution is -2.33. The van der Waals surface area contributed by atoms with Crippen molar-refractivity contribution in [2.45, 2.75) is 6.92 Å². The lowest BCUT2D eigenvalue weighted by Gasteiger charge is -2.24. The molecule has 9 heteroatoms. The van der Waals surface area contributed by atoms with Crippen LogP contribution in [-0.4, -0.2) is 22.6 Å². The number of halogens is 5. The van der Waals surface area contributed by atoms with E-state index >= 15 is 0 Å². The second-order valence-corrected chi connectivity index (χ2v) is 4.21. The SMILES string of the molecule is CC1=C(Cl)CN(c2nc(F)nc(F)c2Cl)C(F)=N1. The van der Waals surface area contributed by atoms with Gasteiger partial charge < -0.3 is 0 Å². The normalized spacial score (nSPS) is 16.1. The zero-order chi connectivity index (χ0) is 13.4. The Balaban J connectivity index is 2.49. The number of anilines is 1. The summed E-state index contributed by atoms with van der Waals surface area (Å²) in [6.45, 7) is 1.33. The summed E-state index contributed by atoms with van der Waals surface area (Å²) < 4.78 is 39.7. The van der Waals surface area contributed by atoms with E-state index < -0.39 is 29.0 Å². The largest absolute Gasteiger partial charge is 0.313 e. The second kappa shape index (κ2) is 4.74. The number of amidine groups is 1. The van der Waals surface area contributed by atoms with Gasteiger partial charge in [0.2, 0.25) is 5.95 Å². The minimum atomic E-state index is -1.36. The number of hydrogen-bond donors (Lipinski definition) is 0. The first-order valence-electron chi connectivity index (χ1n) is 4.65. The van der Waals surface area contributed by atoms with Gasteiger partial charge in [-0.1, -0.05) is 23.2 Å². The predicted octanol–water partition coefficient (Wildman–Crippen LogP) is 3.02. The van der Waals surface area contributed by atoms with Crippen LogP contribution in [0.25, 0.3) is 0 Å². The van der Waals surface area contributed by atoms with Crippen LogP contribution in [0.3, 0.4) is 0 Å². The highest BCUT2D eigenvalue weighted by Gasteiger charge is 2.26. The molecule has 0 aromatic carbocycles. The summed E-state index contributed by atoms with van der Waals surface area (Å²) in [4.78, 5) is 10.3. The maximum absolute atomic E-state index is 13.6. The number of allylic oxidation sites excluding steroid dienone is 1. The first-order valence-corrected chi connectivity index (χ1v) is 5.41. The average molecular weight is 297 g/mol. The molecule has 0 N–H and O–H groups in total. The van der Waals surface area contributed by atoms with Gasteiger partial charge in [0, 0.05) is 0 Å². The minimum absolute atomic E-state index is 0.168. The molecule has 0 saturated carbocycles. The van der Waals surface area contributed by atoms with E-state index in [0.29, 0.717) is 0 Å². The van der Waals surface area contributed by atoms with Gasteiger partial charge in [0.15, 0.2) is 5.82 Å². The summed E-state index contributed by atoms with van der Waals surface area (Å²) in [5.74, 6) is -1.75. The predicted molar refractivity (Wildman–Crippen MR) is 61.4 cm³/mol. The molecular weight excluding hydrogens is 292 g/mol. The smallest absolute Gasteiger partial charge is 0.280 e. The maximum atomic E-state index is 13.6. The quantitative estimate of drug-likeness (QED) is 0.454. The lowest BCUT2D eigenvalue weighted by molar-refractivity contribution is 0.483. The van der Waals surface area contributed by atoms with Crippen molar-refractivity contribution in [2.24, 2.45) is 4.99 Å². The third-order valence-corrected chi connectivity index (χ3v) is 2.91. The van der Waals surface area contributed by atoms with Crippen LogP contribution in [0.5, 0.6) is 0 Å². The molecule has 1 aliphatic rings. The Morgan fingerprint density at radius 2 is 1.83 bits per heavy atom. The molecule has 0 saturated heterocycles. The van der Waals surface area contributed by atoms with Gasteiger partial charge in [-0.15, -0.1) is 0 Å². The van der Waals surface area contributed by atoms with Crippen molar-refractivity contribution in [3.8, 4) is 0 Å². The molecule has 0 atom stereocenters. The molecule has 2 rings (SSSR count). The van der Waals surface area contributed by atoms with Gasteiger partial charge in [0.1, 0.15) is 5.02 Å². The fourth-order valence-electron chi connectivity index (χ4n) is 1.30. The Morgan fingerprint density at radius 3 is 2.50 bits per heavy atom. The number of aromatic nitrogens is 2. The van der Waals surface area contributed by atoms with Gasteiger partial charge in [0.25, 0.3) is 6.09 Å². The third kappa shape index (κ3) is 2.28. The van der Waals surface area contributed by atoms with E-state index in [0.717, 1.165) is 4.90 Å². The summed E-state index contributed by atoms with van der Waals surface area (Å²) in [6.07, 6.45) is -2.36. The van der Waals surface area contributed by atoms with E-state index in [9.17, 15) is 13.2 Å². The molecule has 0 aliphatic carbocycles. The molecule has 0 fully saturated rings. The molecule has 1 aromatic heterocycles. The van der Waals surface area contributed by atoms with Crippen LogP contribution in [0.2, 0.25) is 5.02 Å². The molecular formula is C9H5Cl2F3N4. The highest BCUT2D eigenvalue weighted by molar-refractivity contribution is 6.34. The van der Waals surface area contributed by atoms with Gasteiger partial charge >= 0.3 is 6.08 Å². The van der Waals surface area contributed by atoms with Gasteiger partial charge in [-0.05, 0) is 6.92 Å². The van der Waals surface area contributed by atoms with E-state index in [2.05, 4.69) is 15.0 Å². The topological polar surface area (TPSA) is 41.4 Å². The molecule has 0 amide bonds. The zero-order valence-electron chi connectivity index (χ0n) is 8.89. The van der Waals surface area contributed by atoms with Crippen LogP contribution in [-0.2, 0) is 0 Å². The molecule has 0 spiro atoms. The van der Waals surface area contributed by atoms with Crippen LogP contribution in [0.1, 0.15) is 6.92 Å². The number of nitrogens with zero attached hydrogens (tertiary/aromatic N) is 4. The molecule has 0 unspecified atom stereocenters. The maximum Gasteiger partial charge on any atom is 0.313 e. The highest BCUT2D eigenvalue weighted by atomic mass is 35.5. The summed E-state index contributed by atoms with van der Waals surface area (Å²) in [5.41, 5.74) is 0.275. The van der Waals surface area contributed by atoms with Crippen molar-refractivity contribution in [2.75, 3.05) is 11.4 Å². The highest BCUT2D eigenvalue weighted by Crippen LogP contribution is 2.30. The first kappa shape index (κ1) is 13.1. The summed E-state index contributed by atoms with van der Waals surface area (Å²) >= 11 is 11.4.